The summed E-state index contributed by atoms with van der Waals surface area (Å²) in [6, 6.07) is 7.63. The van der Waals surface area contributed by atoms with Gasteiger partial charge in [0.05, 0.1) is 26.7 Å². The van der Waals surface area contributed by atoms with Gasteiger partial charge in [-0.3, -0.25) is 0 Å². The molecule has 2 rings (SSSR count). The lowest BCUT2D eigenvalue weighted by molar-refractivity contribution is -0.877. The average molecular weight is 285 g/mol. The van der Waals surface area contributed by atoms with E-state index < -0.39 is 0 Å². The Labute approximate surface area is 119 Å². The maximum atomic E-state index is 5.86. The molecule has 0 aliphatic carbocycles. The summed E-state index contributed by atoms with van der Waals surface area (Å²) in [5, 5.41) is 4.83. The lowest BCUT2D eigenvalue weighted by Gasteiger charge is -2.23. The Hall–Kier alpha value is -0.840. The monoisotopic (exact) mass is 284 g/mol. The molecule has 0 amide bonds. The highest BCUT2D eigenvalue weighted by Gasteiger charge is 2.16. The van der Waals surface area contributed by atoms with Gasteiger partial charge in [0.2, 0.25) is 0 Å². The number of nitrogens with one attached hydrogen (secondary N) is 2. The molecule has 98 valence electrons. The zero-order valence-corrected chi connectivity index (χ0v) is 12.2. The first-order chi connectivity index (χ1) is 8.65. The van der Waals surface area contributed by atoms with Crippen molar-refractivity contribution in [3.8, 4) is 0 Å². The van der Waals surface area contributed by atoms with E-state index >= 15 is 0 Å². The smallest absolute Gasteiger partial charge is 0.173 e. The van der Waals surface area contributed by atoms with Crippen LogP contribution in [-0.4, -0.2) is 43.2 Å². The van der Waals surface area contributed by atoms with Crippen molar-refractivity contribution < 1.29 is 4.90 Å². The summed E-state index contributed by atoms with van der Waals surface area (Å²) >= 11 is 11.3. The standard InChI is InChI=1S/C13H18ClN3S/c1-16-7-2-8-17(10-9-16)13(18)15-12-5-3-11(14)4-6-12/h3-6H,2,7-10H2,1H3,(H,15,18)/p+1. The van der Waals surface area contributed by atoms with Gasteiger partial charge < -0.3 is 15.1 Å². The fraction of sp³-hybridized carbons (Fsp3) is 0.462. The summed E-state index contributed by atoms with van der Waals surface area (Å²) in [5.74, 6) is 0. The van der Waals surface area contributed by atoms with Crippen molar-refractivity contribution in [3.05, 3.63) is 29.3 Å². The van der Waals surface area contributed by atoms with Crippen LogP contribution < -0.4 is 10.2 Å². The van der Waals surface area contributed by atoms with Crippen LogP contribution in [0.4, 0.5) is 5.69 Å². The first-order valence-corrected chi connectivity index (χ1v) is 7.06. The number of benzene rings is 1. The molecule has 0 bridgehead atoms. The lowest BCUT2D eigenvalue weighted by Crippen LogP contribution is -3.09. The molecule has 18 heavy (non-hydrogen) atoms. The van der Waals surface area contributed by atoms with E-state index in [1.54, 1.807) is 4.90 Å². The van der Waals surface area contributed by atoms with E-state index in [0.29, 0.717) is 0 Å². The highest BCUT2D eigenvalue weighted by atomic mass is 35.5. The number of hydrogen-bond acceptors (Lipinski definition) is 1. The van der Waals surface area contributed by atoms with Crippen LogP contribution in [0.5, 0.6) is 0 Å². The molecule has 5 heteroatoms. The van der Waals surface area contributed by atoms with Crippen molar-refractivity contribution in [2.45, 2.75) is 6.42 Å². The van der Waals surface area contributed by atoms with Crippen LogP contribution >= 0.6 is 23.8 Å². The van der Waals surface area contributed by atoms with Crippen molar-refractivity contribution in [1.82, 2.24) is 4.90 Å². The summed E-state index contributed by atoms with van der Waals surface area (Å²) in [6.45, 7) is 4.42. The number of thiocarbonyl (C=S) groups is 1. The Kier molecular flexibility index (Phi) is 4.80. The molecule has 1 aliphatic heterocycles. The van der Waals surface area contributed by atoms with Gasteiger partial charge in [-0.1, -0.05) is 11.6 Å². The summed E-state index contributed by atoms with van der Waals surface area (Å²) in [6.07, 6.45) is 1.19. The number of likely N-dealkylation sites (N-methyl/N-ethyl adjacent to an activating group) is 1. The fourth-order valence-electron chi connectivity index (χ4n) is 2.07. The Morgan fingerprint density at radius 3 is 2.72 bits per heavy atom. The van der Waals surface area contributed by atoms with E-state index in [1.165, 1.54) is 13.0 Å². The third-order valence-electron chi connectivity index (χ3n) is 3.22. The van der Waals surface area contributed by atoms with E-state index in [9.17, 15) is 0 Å². The zero-order valence-electron chi connectivity index (χ0n) is 10.6. The van der Waals surface area contributed by atoms with Crippen LogP contribution in [0.2, 0.25) is 5.02 Å². The van der Waals surface area contributed by atoms with Gasteiger partial charge in [0.25, 0.3) is 0 Å². The van der Waals surface area contributed by atoms with Crippen LogP contribution in [0.15, 0.2) is 24.3 Å². The molecular weight excluding hydrogens is 266 g/mol. The second kappa shape index (κ2) is 6.36. The first kappa shape index (κ1) is 13.6. The largest absolute Gasteiger partial charge is 0.343 e. The van der Waals surface area contributed by atoms with Crippen molar-refractivity contribution in [2.24, 2.45) is 0 Å². The highest BCUT2D eigenvalue weighted by Crippen LogP contribution is 2.14. The maximum absolute atomic E-state index is 5.86. The third kappa shape index (κ3) is 3.83. The minimum absolute atomic E-state index is 0.742. The van der Waals surface area contributed by atoms with Crippen LogP contribution in [0.1, 0.15) is 6.42 Å². The highest BCUT2D eigenvalue weighted by molar-refractivity contribution is 7.80. The van der Waals surface area contributed by atoms with Crippen LogP contribution in [-0.2, 0) is 0 Å². The van der Waals surface area contributed by atoms with E-state index in [2.05, 4.69) is 17.3 Å². The summed E-state index contributed by atoms with van der Waals surface area (Å²) in [7, 11) is 2.24. The van der Waals surface area contributed by atoms with Gasteiger partial charge in [0, 0.05) is 23.7 Å². The molecule has 1 heterocycles. The van der Waals surface area contributed by atoms with Gasteiger partial charge in [-0.2, -0.15) is 0 Å². The normalized spacial score (nSPS) is 20.3. The number of hydrogen-bond donors (Lipinski definition) is 2. The van der Waals surface area contributed by atoms with Crippen molar-refractivity contribution in [3.63, 3.8) is 0 Å². The number of anilines is 1. The van der Waals surface area contributed by atoms with Crippen molar-refractivity contribution in [1.29, 1.82) is 0 Å². The van der Waals surface area contributed by atoms with Gasteiger partial charge in [0.15, 0.2) is 5.11 Å². The molecule has 1 atom stereocenters. The van der Waals surface area contributed by atoms with E-state index in [1.807, 2.05) is 24.3 Å². The van der Waals surface area contributed by atoms with Crippen LogP contribution in [0.3, 0.4) is 0 Å². The van der Waals surface area contributed by atoms with Gasteiger partial charge in [0.1, 0.15) is 0 Å². The molecule has 0 spiro atoms. The van der Waals surface area contributed by atoms with E-state index in [-0.39, 0.29) is 0 Å². The molecule has 1 unspecified atom stereocenters. The lowest BCUT2D eigenvalue weighted by atomic mass is 10.3. The van der Waals surface area contributed by atoms with Gasteiger partial charge in [-0.15, -0.1) is 0 Å². The van der Waals surface area contributed by atoms with Crippen LogP contribution in [0.25, 0.3) is 0 Å². The molecule has 0 aromatic heterocycles. The molecule has 0 saturated carbocycles. The van der Waals surface area contributed by atoms with E-state index in [4.69, 9.17) is 23.8 Å². The number of halogens is 1. The SMILES string of the molecule is C[NH+]1CCCN(C(=S)Nc2ccc(Cl)cc2)CC1. The summed E-state index contributed by atoms with van der Waals surface area (Å²) in [5.41, 5.74) is 0.995. The number of rotatable bonds is 1. The molecule has 1 aromatic rings. The Morgan fingerprint density at radius 1 is 1.28 bits per heavy atom. The predicted molar refractivity (Wildman–Crippen MR) is 80.5 cm³/mol. The van der Waals surface area contributed by atoms with E-state index in [0.717, 1.165) is 35.5 Å². The third-order valence-corrected chi connectivity index (χ3v) is 3.84. The molecule has 1 aromatic carbocycles. The zero-order chi connectivity index (χ0) is 13.0. The quantitative estimate of drug-likeness (QED) is 0.758. The topological polar surface area (TPSA) is 19.7 Å². The minimum Gasteiger partial charge on any atom is -0.343 e. The second-order valence-electron chi connectivity index (χ2n) is 4.73. The van der Waals surface area contributed by atoms with Crippen molar-refractivity contribution in [2.75, 3.05) is 38.5 Å². The van der Waals surface area contributed by atoms with Gasteiger partial charge in [-0.05, 0) is 36.5 Å². The summed E-state index contributed by atoms with van der Waals surface area (Å²) in [4.78, 5) is 3.83. The molecule has 1 fully saturated rings. The Bertz CT molecular complexity index is 407. The van der Waals surface area contributed by atoms with Crippen molar-refractivity contribution >= 4 is 34.6 Å². The maximum Gasteiger partial charge on any atom is 0.173 e. The van der Waals surface area contributed by atoms with Crippen LogP contribution in [0, 0.1) is 0 Å². The predicted octanol–water partition coefficient (Wildman–Crippen LogP) is 1.26. The van der Waals surface area contributed by atoms with Gasteiger partial charge in [-0.25, -0.2) is 0 Å². The molecule has 1 aliphatic rings. The average Bonchev–Trinajstić information content (AvgIpc) is 2.57. The number of nitrogens with zero attached hydrogens (tertiary/aromatic N) is 1. The summed E-state index contributed by atoms with van der Waals surface area (Å²) < 4.78 is 0. The Balaban J connectivity index is 1.92. The van der Waals surface area contributed by atoms with Gasteiger partial charge >= 0.3 is 0 Å². The molecular formula is C13H19ClN3S+. The molecule has 1 saturated heterocycles. The second-order valence-corrected chi connectivity index (χ2v) is 5.56. The number of quaternary nitrogens is 1. The molecule has 3 nitrogen and oxygen atoms in total. The fourth-order valence-corrected chi connectivity index (χ4v) is 2.50. The molecule has 0 radical (unpaired) electrons. The minimum atomic E-state index is 0.742. The molecule has 2 N–H and O–H groups in total. The first-order valence-electron chi connectivity index (χ1n) is 6.28. The Morgan fingerprint density at radius 2 is 2.00 bits per heavy atom.